The molecule has 6 heteroatoms. The number of aryl methyl sites for hydroxylation is 2. The number of hydrogen-bond donors (Lipinski definition) is 0. The Labute approximate surface area is 190 Å². The molecule has 1 fully saturated rings. The lowest BCUT2D eigenvalue weighted by Crippen LogP contribution is -2.46. The van der Waals surface area contributed by atoms with Crippen LogP contribution < -0.4 is 15.2 Å². The first-order valence-corrected chi connectivity index (χ1v) is 11.4. The van der Waals surface area contributed by atoms with Crippen molar-refractivity contribution in [2.45, 2.75) is 26.3 Å². The molecule has 0 unspecified atom stereocenters. The van der Waals surface area contributed by atoms with Crippen LogP contribution in [0.5, 0.6) is 5.75 Å². The predicted molar refractivity (Wildman–Crippen MR) is 130 cm³/mol. The molecule has 0 radical (unpaired) electrons. The van der Waals surface area contributed by atoms with Gasteiger partial charge in [-0.15, -0.1) is 0 Å². The number of nitrogens with zero attached hydrogens (tertiary/aromatic N) is 4. The Hall–Kier alpha value is -3.12. The fourth-order valence-corrected chi connectivity index (χ4v) is 4.28. The van der Waals surface area contributed by atoms with Crippen molar-refractivity contribution in [2.24, 2.45) is 0 Å². The van der Waals surface area contributed by atoms with Gasteiger partial charge in [0, 0.05) is 43.9 Å². The van der Waals surface area contributed by atoms with Crippen LogP contribution in [-0.2, 0) is 6.54 Å². The van der Waals surface area contributed by atoms with Gasteiger partial charge in [0.2, 0.25) is 0 Å². The van der Waals surface area contributed by atoms with Crippen molar-refractivity contribution in [2.75, 3.05) is 44.7 Å². The van der Waals surface area contributed by atoms with Gasteiger partial charge in [-0.2, -0.15) is 5.10 Å². The van der Waals surface area contributed by atoms with Crippen LogP contribution in [0.4, 0.5) is 5.69 Å². The number of benzene rings is 2. The fraction of sp³-hybridized carbons (Fsp3) is 0.385. The number of piperazine rings is 1. The van der Waals surface area contributed by atoms with Gasteiger partial charge in [0.15, 0.2) is 0 Å². The average molecular weight is 433 g/mol. The molecule has 0 atom stereocenters. The summed E-state index contributed by atoms with van der Waals surface area (Å²) < 4.78 is 7.15. The Bertz CT molecular complexity index is 1070. The van der Waals surface area contributed by atoms with Gasteiger partial charge in [-0.25, -0.2) is 4.68 Å². The van der Waals surface area contributed by atoms with Crippen LogP contribution >= 0.6 is 0 Å². The lowest BCUT2D eigenvalue weighted by molar-refractivity contribution is 0.250. The largest absolute Gasteiger partial charge is 0.495 e. The molecule has 0 N–H and O–H groups in total. The highest BCUT2D eigenvalue weighted by Crippen LogP contribution is 2.28. The summed E-state index contributed by atoms with van der Waals surface area (Å²) in [4.78, 5) is 17.5. The Balaban J connectivity index is 1.27. The quantitative estimate of drug-likeness (QED) is 0.507. The summed E-state index contributed by atoms with van der Waals surface area (Å²) in [5.74, 6) is 0.937. The van der Waals surface area contributed by atoms with Crippen LogP contribution in [0.2, 0.25) is 0 Å². The second-order valence-corrected chi connectivity index (χ2v) is 8.31. The van der Waals surface area contributed by atoms with Gasteiger partial charge in [-0.3, -0.25) is 9.69 Å². The fourth-order valence-electron chi connectivity index (χ4n) is 4.28. The van der Waals surface area contributed by atoms with Crippen molar-refractivity contribution >= 4 is 5.69 Å². The summed E-state index contributed by atoms with van der Waals surface area (Å²) in [6.45, 7) is 7.65. The molecule has 0 amide bonds. The molecule has 1 aromatic heterocycles. The van der Waals surface area contributed by atoms with Gasteiger partial charge in [0.25, 0.3) is 5.56 Å². The Kier molecular flexibility index (Phi) is 7.22. The topological polar surface area (TPSA) is 50.6 Å². The summed E-state index contributed by atoms with van der Waals surface area (Å²) in [5.41, 5.74) is 3.82. The molecule has 32 heavy (non-hydrogen) atoms. The summed E-state index contributed by atoms with van der Waals surface area (Å²) in [7, 11) is 1.73. The number of unbranched alkanes of at least 4 members (excludes halogenated alkanes) is 1. The van der Waals surface area contributed by atoms with Gasteiger partial charge in [0.05, 0.1) is 18.5 Å². The molecule has 2 heterocycles. The van der Waals surface area contributed by atoms with Gasteiger partial charge in [-0.1, -0.05) is 42.5 Å². The summed E-state index contributed by atoms with van der Waals surface area (Å²) in [6.07, 6.45) is 1.99. The van der Waals surface area contributed by atoms with Crippen molar-refractivity contribution in [3.63, 3.8) is 0 Å². The second kappa shape index (κ2) is 10.5. The first-order chi connectivity index (χ1) is 15.7. The number of hydrogen-bond acceptors (Lipinski definition) is 5. The molecule has 3 aromatic rings. The molecule has 1 aliphatic rings. The average Bonchev–Trinajstić information content (AvgIpc) is 2.85. The minimum absolute atomic E-state index is 0.00936. The smallest absolute Gasteiger partial charge is 0.269 e. The normalized spacial score (nSPS) is 14.5. The van der Waals surface area contributed by atoms with E-state index < -0.39 is 0 Å². The third-order valence-electron chi connectivity index (χ3n) is 6.12. The maximum Gasteiger partial charge on any atom is 0.269 e. The minimum atomic E-state index is 0.00936. The van der Waals surface area contributed by atoms with Gasteiger partial charge in [0.1, 0.15) is 5.75 Å². The zero-order valence-electron chi connectivity index (χ0n) is 19.0. The van der Waals surface area contributed by atoms with Crippen molar-refractivity contribution in [1.82, 2.24) is 14.7 Å². The number of aromatic nitrogens is 2. The number of anilines is 1. The number of ether oxygens (including phenoxy) is 1. The minimum Gasteiger partial charge on any atom is -0.495 e. The van der Waals surface area contributed by atoms with E-state index in [4.69, 9.17) is 4.74 Å². The van der Waals surface area contributed by atoms with E-state index in [2.05, 4.69) is 27.0 Å². The lowest BCUT2D eigenvalue weighted by atomic mass is 10.1. The molecule has 0 bridgehead atoms. The van der Waals surface area contributed by atoms with Crippen LogP contribution in [0.1, 0.15) is 18.4 Å². The maximum atomic E-state index is 12.5. The summed E-state index contributed by atoms with van der Waals surface area (Å²) >= 11 is 0. The first-order valence-electron chi connectivity index (χ1n) is 11.4. The Morgan fingerprint density at radius 3 is 2.34 bits per heavy atom. The van der Waals surface area contributed by atoms with E-state index in [0.29, 0.717) is 6.54 Å². The van der Waals surface area contributed by atoms with Crippen LogP contribution in [0.3, 0.4) is 0 Å². The van der Waals surface area contributed by atoms with E-state index in [1.807, 2.05) is 55.5 Å². The predicted octanol–water partition coefficient (Wildman–Crippen LogP) is 3.83. The SMILES string of the molecule is COc1ccccc1N1CCN(CCCCn2nc(-c3ccccc3)cc(C)c2=O)CC1. The highest BCUT2D eigenvalue weighted by Gasteiger charge is 2.19. The highest BCUT2D eigenvalue weighted by atomic mass is 16.5. The molecular weight excluding hydrogens is 400 g/mol. The van der Waals surface area contributed by atoms with Crippen LogP contribution in [-0.4, -0.2) is 54.5 Å². The van der Waals surface area contributed by atoms with Crippen molar-refractivity contribution in [1.29, 1.82) is 0 Å². The monoisotopic (exact) mass is 432 g/mol. The van der Waals surface area contributed by atoms with E-state index in [-0.39, 0.29) is 5.56 Å². The molecule has 0 aliphatic carbocycles. The Morgan fingerprint density at radius 2 is 1.59 bits per heavy atom. The van der Waals surface area contributed by atoms with Crippen molar-refractivity contribution in [3.8, 4) is 17.0 Å². The molecular formula is C26H32N4O2. The zero-order chi connectivity index (χ0) is 22.3. The molecule has 2 aromatic carbocycles. The maximum absolute atomic E-state index is 12.5. The third kappa shape index (κ3) is 5.19. The first kappa shape index (κ1) is 22.1. The standard InChI is InChI=1S/C26H32N4O2/c1-21-20-23(22-10-4-3-5-11-22)27-30(26(21)31)15-9-8-14-28-16-18-29(19-17-28)24-12-6-7-13-25(24)32-2/h3-7,10-13,20H,8-9,14-19H2,1-2H3. The third-order valence-corrected chi connectivity index (χ3v) is 6.12. The van der Waals surface area contributed by atoms with Crippen molar-refractivity contribution in [3.05, 3.63) is 76.6 Å². The zero-order valence-corrected chi connectivity index (χ0v) is 19.0. The van der Waals surface area contributed by atoms with E-state index in [0.717, 1.165) is 68.1 Å². The molecule has 168 valence electrons. The molecule has 6 nitrogen and oxygen atoms in total. The van der Waals surface area contributed by atoms with Crippen LogP contribution in [0.15, 0.2) is 65.5 Å². The van der Waals surface area contributed by atoms with E-state index in [1.165, 1.54) is 5.69 Å². The summed E-state index contributed by atoms with van der Waals surface area (Å²) in [6, 6.07) is 20.1. The van der Waals surface area contributed by atoms with Gasteiger partial charge in [-0.05, 0) is 44.5 Å². The van der Waals surface area contributed by atoms with Crippen molar-refractivity contribution < 1.29 is 4.74 Å². The molecule has 4 rings (SSSR count). The lowest BCUT2D eigenvalue weighted by Gasteiger charge is -2.36. The molecule has 0 spiro atoms. The van der Waals surface area contributed by atoms with Gasteiger partial charge < -0.3 is 9.64 Å². The van der Waals surface area contributed by atoms with E-state index in [9.17, 15) is 4.79 Å². The number of para-hydroxylation sites is 2. The Morgan fingerprint density at radius 1 is 0.906 bits per heavy atom. The molecule has 1 aliphatic heterocycles. The van der Waals surface area contributed by atoms with Crippen LogP contribution in [0, 0.1) is 6.92 Å². The number of methoxy groups -OCH3 is 1. The molecule has 1 saturated heterocycles. The second-order valence-electron chi connectivity index (χ2n) is 8.31. The number of rotatable bonds is 8. The van der Waals surface area contributed by atoms with E-state index >= 15 is 0 Å². The van der Waals surface area contributed by atoms with Gasteiger partial charge >= 0.3 is 0 Å². The summed E-state index contributed by atoms with van der Waals surface area (Å²) in [5, 5.41) is 4.62. The molecule has 0 saturated carbocycles. The van der Waals surface area contributed by atoms with Crippen LogP contribution in [0.25, 0.3) is 11.3 Å². The highest BCUT2D eigenvalue weighted by molar-refractivity contribution is 5.59. The van der Waals surface area contributed by atoms with E-state index in [1.54, 1.807) is 11.8 Å².